The number of carbonyl (C=O) groups is 2. The lowest BCUT2D eigenvalue weighted by molar-refractivity contribution is -0.137. The molecule has 4 nitrogen and oxygen atoms in total. The summed E-state index contributed by atoms with van der Waals surface area (Å²) in [7, 11) is 0. The highest BCUT2D eigenvalue weighted by molar-refractivity contribution is 7.16. The largest absolute Gasteiger partial charge is 0.361 e. The van der Waals surface area contributed by atoms with Crippen molar-refractivity contribution in [2.75, 3.05) is 6.54 Å². The van der Waals surface area contributed by atoms with Crippen molar-refractivity contribution in [3.63, 3.8) is 0 Å². The van der Waals surface area contributed by atoms with Crippen molar-refractivity contribution in [3.05, 3.63) is 21.3 Å². The molecule has 0 atom stereocenters. The highest BCUT2D eigenvalue weighted by atomic mass is 35.5. The van der Waals surface area contributed by atoms with Gasteiger partial charge in [-0.1, -0.05) is 11.6 Å². The molecule has 0 spiro atoms. The van der Waals surface area contributed by atoms with Gasteiger partial charge in [-0.25, -0.2) is 0 Å². The van der Waals surface area contributed by atoms with Crippen molar-refractivity contribution in [2.45, 2.75) is 6.42 Å². The van der Waals surface area contributed by atoms with E-state index in [4.69, 9.17) is 17.3 Å². The number of carbonyl (C=O) groups excluding carboxylic acids is 2. The first-order chi connectivity index (χ1) is 6.59. The molecule has 0 bridgehead atoms. The number of thiophene rings is 1. The summed E-state index contributed by atoms with van der Waals surface area (Å²) in [5, 5.41) is 2.39. The number of nitrogens with two attached hydrogens (primary N) is 1. The Bertz CT molecular complexity index is 351. The van der Waals surface area contributed by atoms with Crippen LogP contribution >= 0.6 is 22.9 Å². The standard InChI is InChI=1S/C8H9ClN2O2S/c9-6-2-1-5(14-6)3-4-11-8(13)7(10)12/h1-2H,3-4H2,(H2,10,12)(H,11,13). The van der Waals surface area contributed by atoms with Gasteiger partial charge in [0.05, 0.1) is 4.34 Å². The summed E-state index contributed by atoms with van der Waals surface area (Å²) < 4.78 is 0.709. The number of hydrogen-bond acceptors (Lipinski definition) is 3. The van der Waals surface area contributed by atoms with E-state index in [9.17, 15) is 9.59 Å². The molecule has 0 unspecified atom stereocenters. The zero-order chi connectivity index (χ0) is 10.6. The lowest BCUT2D eigenvalue weighted by atomic mass is 10.3. The number of primary amides is 1. The third-order valence-corrected chi connectivity index (χ3v) is 2.80. The van der Waals surface area contributed by atoms with E-state index in [0.29, 0.717) is 17.3 Å². The van der Waals surface area contributed by atoms with E-state index in [1.165, 1.54) is 11.3 Å². The van der Waals surface area contributed by atoms with Crippen molar-refractivity contribution in [1.82, 2.24) is 5.32 Å². The molecule has 0 aromatic carbocycles. The first-order valence-electron chi connectivity index (χ1n) is 3.91. The molecule has 1 aromatic rings. The lowest BCUT2D eigenvalue weighted by Gasteiger charge is -1.99. The maximum Gasteiger partial charge on any atom is 0.309 e. The summed E-state index contributed by atoms with van der Waals surface area (Å²) in [6.45, 7) is 0.388. The second-order valence-electron chi connectivity index (χ2n) is 2.58. The van der Waals surface area contributed by atoms with E-state index in [1.54, 1.807) is 6.07 Å². The summed E-state index contributed by atoms with van der Waals surface area (Å²) >= 11 is 7.16. The quantitative estimate of drug-likeness (QED) is 0.747. The Balaban J connectivity index is 2.29. The molecule has 1 rings (SSSR count). The predicted octanol–water partition coefficient (Wildman–Crippen LogP) is 0.546. The lowest BCUT2D eigenvalue weighted by Crippen LogP contribution is -2.36. The summed E-state index contributed by atoms with van der Waals surface area (Å²) in [5.74, 6) is -1.72. The molecule has 14 heavy (non-hydrogen) atoms. The van der Waals surface area contributed by atoms with Crippen LogP contribution in [0.15, 0.2) is 12.1 Å². The molecule has 3 N–H and O–H groups in total. The Labute approximate surface area is 90.0 Å². The van der Waals surface area contributed by atoms with E-state index in [1.807, 2.05) is 6.07 Å². The summed E-state index contributed by atoms with van der Waals surface area (Å²) in [6.07, 6.45) is 0.649. The second kappa shape index (κ2) is 4.97. The molecule has 0 saturated heterocycles. The number of amides is 2. The number of halogens is 1. The predicted molar refractivity (Wildman–Crippen MR) is 55.2 cm³/mol. The Morgan fingerprint density at radius 2 is 2.21 bits per heavy atom. The topological polar surface area (TPSA) is 72.2 Å². The first kappa shape index (κ1) is 11.0. The molecule has 0 saturated carbocycles. The summed E-state index contributed by atoms with van der Waals surface area (Å²) in [6, 6.07) is 3.67. The van der Waals surface area contributed by atoms with E-state index >= 15 is 0 Å². The van der Waals surface area contributed by atoms with Crippen LogP contribution < -0.4 is 11.1 Å². The van der Waals surface area contributed by atoms with E-state index < -0.39 is 11.8 Å². The third kappa shape index (κ3) is 3.35. The molecule has 0 aliphatic heterocycles. The van der Waals surface area contributed by atoms with Gasteiger partial charge in [-0.05, 0) is 18.6 Å². The maximum absolute atomic E-state index is 10.7. The van der Waals surface area contributed by atoms with Crippen LogP contribution in [0, 0.1) is 0 Å². The van der Waals surface area contributed by atoms with Crippen LogP contribution in [0.25, 0.3) is 0 Å². The van der Waals surface area contributed by atoms with Gasteiger partial charge in [-0.2, -0.15) is 0 Å². The first-order valence-corrected chi connectivity index (χ1v) is 5.11. The minimum absolute atomic E-state index is 0.388. The van der Waals surface area contributed by atoms with E-state index in [0.717, 1.165) is 4.88 Å². The van der Waals surface area contributed by atoms with E-state index in [2.05, 4.69) is 5.32 Å². The Morgan fingerprint density at radius 3 is 2.71 bits per heavy atom. The molecular weight excluding hydrogens is 224 g/mol. The van der Waals surface area contributed by atoms with Gasteiger partial charge in [0.25, 0.3) is 0 Å². The van der Waals surface area contributed by atoms with Crippen LogP contribution in [0.5, 0.6) is 0 Å². The molecule has 0 aliphatic carbocycles. The highest BCUT2D eigenvalue weighted by Crippen LogP contribution is 2.21. The van der Waals surface area contributed by atoms with Gasteiger partial charge in [-0.3, -0.25) is 9.59 Å². The third-order valence-electron chi connectivity index (χ3n) is 1.51. The summed E-state index contributed by atoms with van der Waals surface area (Å²) in [4.78, 5) is 22.1. The normalized spacial score (nSPS) is 9.79. The molecular formula is C8H9ClN2O2S. The smallest absolute Gasteiger partial charge is 0.309 e. The second-order valence-corrected chi connectivity index (χ2v) is 4.38. The fraction of sp³-hybridized carbons (Fsp3) is 0.250. The van der Waals surface area contributed by atoms with Crippen molar-refractivity contribution in [2.24, 2.45) is 5.73 Å². The SMILES string of the molecule is NC(=O)C(=O)NCCc1ccc(Cl)s1. The van der Waals surface area contributed by atoms with Crippen molar-refractivity contribution >= 4 is 34.8 Å². The van der Waals surface area contributed by atoms with Crippen LogP contribution in [0.4, 0.5) is 0 Å². The van der Waals surface area contributed by atoms with Crippen LogP contribution in [0.1, 0.15) is 4.88 Å². The molecule has 0 aliphatic rings. The van der Waals surface area contributed by atoms with Gasteiger partial charge in [0.1, 0.15) is 0 Å². The Hall–Kier alpha value is -1.07. The molecule has 1 heterocycles. The van der Waals surface area contributed by atoms with Gasteiger partial charge in [-0.15, -0.1) is 11.3 Å². The number of nitrogens with one attached hydrogen (secondary N) is 1. The molecule has 6 heteroatoms. The van der Waals surface area contributed by atoms with Gasteiger partial charge in [0.2, 0.25) is 0 Å². The monoisotopic (exact) mass is 232 g/mol. The number of rotatable bonds is 3. The molecule has 2 amide bonds. The molecule has 0 radical (unpaired) electrons. The van der Waals surface area contributed by atoms with Gasteiger partial charge < -0.3 is 11.1 Å². The average Bonchev–Trinajstić information content (AvgIpc) is 2.51. The maximum atomic E-state index is 10.7. The van der Waals surface area contributed by atoms with Crippen LogP contribution in [0.3, 0.4) is 0 Å². The fourth-order valence-electron chi connectivity index (χ4n) is 0.872. The fourth-order valence-corrected chi connectivity index (χ4v) is 1.96. The van der Waals surface area contributed by atoms with Crippen molar-refractivity contribution < 1.29 is 9.59 Å². The Morgan fingerprint density at radius 1 is 1.50 bits per heavy atom. The molecule has 0 fully saturated rings. The molecule has 76 valence electrons. The van der Waals surface area contributed by atoms with Crippen LogP contribution in [-0.4, -0.2) is 18.4 Å². The van der Waals surface area contributed by atoms with E-state index in [-0.39, 0.29) is 0 Å². The minimum Gasteiger partial charge on any atom is -0.361 e. The van der Waals surface area contributed by atoms with Crippen LogP contribution in [0.2, 0.25) is 4.34 Å². The zero-order valence-corrected chi connectivity index (χ0v) is 8.82. The zero-order valence-electron chi connectivity index (χ0n) is 7.25. The average molecular weight is 233 g/mol. The van der Waals surface area contributed by atoms with Crippen LogP contribution in [-0.2, 0) is 16.0 Å². The number of hydrogen-bond donors (Lipinski definition) is 2. The minimum atomic E-state index is -0.964. The summed E-state index contributed by atoms with van der Waals surface area (Å²) in [5.41, 5.74) is 4.75. The molecule has 1 aromatic heterocycles. The van der Waals surface area contributed by atoms with Gasteiger partial charge >= 0.3 is 11.8 Å². The van der Waals surface area contributed by atoms with Gasteiger partial charge in [0.15, 0.2) is 0 Å². The highest BCUT2D eigenvalue weighted by Gasteiger charge is 2.06. The Kier molecular flexibility index (Phi) is 3.91. The van der Waals surface area contributed by atoms with Gasteiger partial charge in [0, 0.05) is 11.4 Å². The van der Waals surface area contributed by atoms with Crippen molar-refractivity contribution in [3.8, 4) is 0 Å². The van der Waals surface area contributed by atoms with Crippen molar-refractivity contribution in [1.29, 1.82) is 0 Å².